The maximum Gasteiger partial charge on any atom is 0.310 e. The average Bonchev–Trinajstić information content (AvgIpc) is 2.58. The second-order valence-corrected chi connectivity index (χ2v) is 9.23. The van der Waals surface area contributed by atoms with Crippen LogP contribution in [0.1, 0.15) is 30.9 Å². The largest absolute Gasteiger partial charge is 0.370 e. The normalized spacial score (nSPS) is 18.3. The molecule has 0 unspecified atom stereocenters. The van der Waals surface area contributed by atoms with Crippen LogP contribution < -0.4 is 11.1 Å². The molecular weight excluding hydrogens is 423 g/mol. The predicted molar refractivity (Wildman–Crippen MR) is 101 cm³/mol. The van der Waals surface area contributed by atoms with E-state index in [1.165, 1.54) is 27.0 Å². The molecule has 2 aromatic rings. The number of nitrogens with two attached hydrogens (primary N) is 1. The molecule has 0 spiro atoms. The number of hydrogen-bond acceptors (Lipinski definition) is 1. The van der Waals surface area contributed by atoms with Crippen LogP contribution in [0.2, 0.25) is 0 Å². The third kappa shape index (κ3) is 4.95. The standard InChI is InChI=1S/C18H20F7N3S/c1-11(12-4-7-14(8-5-12)29(21,22,23,24)25)18(2,28-17(26)27-3)15-9-6-13(19)10-16(15)20/h4-11H,1-3H3,(H3,26,27,28)/t11-,18-/m0/s1. The lowest BCUT2D eigenvalue weighted by Gasteiger charge is -2.41. The van der Waals surface area contributed by atoms with E-state index in [4.69, 9.17) is 5.73 Å². The SMILES string of the molecule is CN=C(N)N[C@](C)(c1ccc(F)cc1F)[C@@H](C)c1ccc(S(F)(F)(F)(F)F)cc1. The highest BCUT2D eigenvalue weighted by Crippen LogP contribution is 3.02. The van der Waals surface area contributed by atoms with E-state index in [-0.39, 0.29) is 29.2 Å². The van der Waals surface area contributed by atoms with Gasteiger partial charge in [-0.25, -0.2) is 8.78 Å². The molecule has 0 aromatic heterocycles. The summed E-state index contributed by atoms with van der Waals surface area (Å²) in [7, 11) is -8.46. The van der Waals surface area contributed by atoms with Gasteiger partial charge in [0.2, 0.25) is 0 Å². The zero-order valence-corrected chi connectivity index (χ0v) is 16.5. The summed E-state index contributed by atoms with van der Waals surface area (Å²) in [5, 5.41) is 2.78. The van der Waals surface area contributed by atoms with Crippen LogP contribution in [0.4, 0.5) is 28.2 Å². The van der Waals surface area contributed by atoms with Gasteiger partial charge in [0.05, 0.1) is 5.54 Å². The average molecular weight is 443 g/mol. The van der Waals surface area contributed by atoms with Crippen LogP contribution in [-0.4, -0.2) is 13.0 Å². The molecule has 0 radical (unpaired) electrons. The van der Waals surface area contributed by atoms with E-state index in [0.29, 0.717) is 6.07 Å². The Hall–Kier alpha value is -2.43. The Kier molecular flexibility index (Phi) is 5.16. The van der Waals surface area contributed by atoms with E-state index in [2.05, 4.69) is 10.3 Å². The van der Waals surface area contributed by atoms with Crippen molar-refractivity contribution in [3.63, 3.8) is 0 Å². The lowest BCUT2D eigenvalue weighted by atomic mass is 9.76. The third-order valence-electron chi connectivity index (χ3n) is 4.81. The number of halogens is 7. The topological polar surface area (TPSA) is 50.4 Å². The van der Waals surface area contributed by atoms with E-state index in [0.717, 1.165) is 18.2 Å². The van der Waals surface area contributed by atoms with Crippen molar-refractivity contribution < 1.29 is 28.2 Å². The van der Waals surface area contributed by atoms with Gasteiger partial charge >= 0.3 is 10.2 Å². The molecule has 2 aromatic carbocycles. The molecule has 0 saturated carbocycles. The summed E-state index contributed by atoms with van der Waals surface area (Å²) in [6.45, 7) is 3.03. The van der Waals surface area contributed by atoms with E-state index in [9.17, 15) is 28.2 Å². The van der Waals surface area contributed by atoms with Gasteiger partial charge < -0.3 is 11.1 Å². The third-order valence-corrected chi connectivity index (χ3v) is 5.97. The summed E-state index contributed by atoms with van der Waals surface area (Å²) >= 11 is 0. The van der Waals surface area contributed by atoms with Gasteiger partial charge in [-0.15, -0.1) is 0 Å². The van der Waals surface area contributed by atoms with E-state index < -0.39 is 38.2 Å². The molecular formula is C18H20F7N3S. The summed E-state index contributed by atoms with van der Waals surface area (Å²) in [6, 6.07) is 5.18. The number of nitrogens with one attached hydrogen (secondary N) is 1. The van der Waals surface area contributed by atoms with E-state index >= 15 is 0 Å². The van der Waals surface area contributed by atoms with Crippen molar-refractivity contribution in [3.8, 4) is 0 Å². The number of guanidine groups is 1. The molecule has 0 saturated heterocycles. The lowest BCUT2D eigenvalue weighted by Crippen LogP contribution is -2.50. The fourth-order valence-electron chi connectivity index (χ4n) is 2.99. The number of benzene rings is 2. The summed E-state index contributed by atoms with van der Waals surface area (Å²) in [5.41, 5.74) is 4.48. The molecule has 11 heteroatoms. The monoisotopic (exact) mass is 443 g/mol. The fourth-order valence-corrected chi connectivity index (χ4v) is 3.64. The van der Waals surface area contributed by atoms with Crippen LogP contribution in [-0.2, 0) is 5.54 Å². The van der Waals surface area contributed by atoms with Crippen molar-refractivity contribution in [1.29, 1.82) is 0 Å². The van der Waals surface area contributed by atoms with Gasteiger partial charge in [-0.05, 0) is 30.7 Å². The molecule has 0 aliphatic carbocycles. The first-order valence-corrected chi connectivity index (χ1v) is 10.2. The van der Waals surface area contributed by atoms with Crippen LogP contribution >= 0.6 is 10.2 Å². The van der Waals surface area contributed by atoms with Gasteiger partial charge in [-0.1, -0.05) is 44.6 Å². The van der Waals surface area contributed by atoms with Gasteiger partial charge in [-0.2, -0.15) is 0 Å². The summed E-state index contributed by atoms with van der Waals surface area (Å²) < 4.78 is 92.6. The summed E-state index contributed by atoms with van der Waals surface area (Å²) in [4.78, 5) is 1.70. The minimum Gasteiger partial charge on any atom is -0.370 e. The zero-order valence-electron chi connectivity index (χ0n) is 15.7. The van der Waals surface area contributed by atoms with Gasteiger partial charge in [0.15, 0.2) is 5.96 Å². The predicted octanol–water partition coefficient (Wildman–Crippen LogP) is 6.18. The highest BCUT2D eigenvalue weighted by atomic mass is 32.5. The van der Waals surface area contributed by atoms with Crippen molar-refractivity contribution in [1.82, 2.24) is 5.32 Å². The maximum atomic E-state index is 14.5. The molecule has 0 aliphatic heterocycles. The van der Waals surface area contributed by atoms with Gasteiger partial charge in [0, 0.05) is 24.6 Å². The van der Waals surface area contributed by atoms with Crippen molar-refractivity contribution >= 4 is 16.2 Å². The minimum absolute atomic E-state index is 0.0326. The molecule has 0 bridgehead atoms. The first kappa shape index (κ1) is 22.9. The van der Waals surface area contributed by atoms with Crippen molar-refractivity contribution in [2.45, 2.75) is 30.2 Å². The molecule has 3 nitrogen and oxygen atoms in total. The Labute approximate surface area is 163 Å². The first-order chi connectivity index (χ1) is 13.0. The molecule has 0 fully saturated rings. The molecule has 0 amide bonds. The Morgan fingerprint density at radius 1 is 1.03 bits per heavy atom. The molecule has 2 rings (SSSR count). The van der Waals surface area contributed by atoms with Crippen molar-refractivity contribution in [3.05, 3.63) is 65.2 Å². The van der Waals surface area contributed by atoms with Crippen molar-refractivity contribution in [2.75, 3.05) is 7.05 Å². The number of aliphatic imine (C=N–C) groups is 1. The lowest BCUT2D eigenvalue weighted by molar-refractivity contribution is 0.346. The fraction of sp³-hybridized carbons (Fsp3) is 0.278. The zero-order chi connectivity index (χ0) is 22.3. The molecule has 0 aliphatic rings. The molecule has 3 N–H and O–H groups in total. The van der Waals surface area contributed by atoms with Crippen LogP contribution in [0, 0.1) is 11.6 Å². The number of rotatable bonds is 5. The van der Waals surface area contributed by atoms with Crippen molar-refractivity contribution in [2.24, 2.45) is 10.7 Å². The van der Waals surface area contributed by atoms with Gasteiger partial charge in [-0.3, -0.25) is 4.99 Å². The van der Waals surface area contributed by atoms with Crippen LogP contribution in [0.5, 0.6) is 0 Å². The summed E-state index contributed by atoms with van der Waals surface area (Å²) in [5.74, 6) is -2.62. The Bertz CT molecular complexity index is 943. The number of nitrogens with zero attached hydrogens (tertiary/aromatic N) is 1. The van der Waals surface area contributed by atoms with E-state index in [1.54, 1.807) is 0 Å². The van der Waals surface area contributed by atoms with Gasteiger partial charge in [0.1, 0.15) is 16.5 Å². The molecule has 2 atom stereocenters. The Balaban J connectivity index is 2.57. The smallest absolute Gasteiger partial charge is 0.310 e. The highest BCUT2D eigenvalue weighted by Gasteiger charge is 2.65. The van der Waals surface area contributed by atoms with Crippen LogP contribution in [0.25, 0.3) is 0 Å². The maximum absolute atomic E-state index is 14.5. The Morgan fingerprint density at radius 2 is 1.59 bits per heavy atom. The van der Waals surface area contributed by atoms with Crippen LogP contribution in [0.15, 0.2) is 52.4 Å². The molecule has 0 heterocycles. The highest BCUT2D eigenvalue weighted by molar-refractivity contribution is 8.45. The van der Waals surface area contributed by atoms with Crippen LogP contribution in [0.3, 0.4) is 0 Å². The second kappa shape index (κ2) is 6.54. The molecule has 162 valence electrons. The Morgan fingerprint density at radius 3 is 2.03 bits per heavy atom. The second-order valence-electron chi connectivity index (χ2n) is 6.82. The molecule has 29 heavy (non-hydrogen) atoms. The quantitative estimate of drug-likeness (QED) is 0.330. The van der Waals surface area contributed by atoms with Gasteiger partial charge in [0.25, 0.3) is 0 Å². The number of hydrogen-bond donors (Lipinski definition) is 2. The summed E-state index contributed by atoms with van der Waals surface area (Å²) in [6.07, 6.45) is 0. The van der Waals surface area contributed by atoms with E-state index in [1.807, 2.05) is 0 Å². The first-order valence-electron chi connectivity index (χ1n) is 8.28. The minimum atomic E-state index is -9.82.